The second kappa shape index (κ2) is 7.07. The average Bonchev–Trinajstić information content (AvgIpc) is 3.14. The summed E-state index contributed by atoms with van der Waals surface area (Å²) in [5.41, 5.74) is 1.58. The Morgan fingerprint density at radius 1 is 1.52 bits per heavy atom. The van der Waals surface area contributed by atoms with Crippen molar-refractivity contribution in [2.24, 2.45) is 0 Å². The van der Waals surface area contributed by atoms with Crippen molar-refractivity contribution in [2.75, 3.05) is 24.5 Å². The van der Waals surface area contributed by atoms with Crippen LogP contribution in [0.15, 0.2) is 18.5 Å². The minimum absolute atomic E-state index is 0.0653. The molecule has 3 aromatic rings. The lowest BCUT2D eigenvalue weighted by atomic mass is 10.1. The molecule has 4 heterocycles. The number of rotatable bonds is 3. The molecule has 9 heteroatoms. The number of ether oxygens (including phenoxy) is 1. The van der Waals surface area contributed by atoms with E-state index >= 15 is 0 Å². The Bertz CT molecular complexity index is 1040. The number of nitriles is 1. The van der Waals surface area contributed by atoms with Gasteiger partial charge in [-0.15, -0.1) is 0 Å². The summed E-state index contributed by atoms with van der Waals surface area (Å²) < 4.78 is 5.46. The molecule has 1 saturated heterocycles. The van der Waals surface area contributed by atoms with E-state index in [1.165, 1.54) is 0 Å². The van der Waals surface area contributed by atoms with E-state index in [0.717, 1.165) is 47.3 Å². The fourth-order valence-electron chi connectivity index (χ4n) is 3.49. The van der Waals surface area contributed by atoms with Crippen LogP contribution in [-0.2, 0) is 4.74 Å². The number of aromatic nitrogens is 4. The number of nitrogens with one attached hydrogen (secondary N) is 2. The summed E-state index contributed by atoms with van der Waals surface area (Å²) >= 11 is 0. The Morgan fingerprint density at radius 2 is 2.41 bits per heavy atom. The number of alkyl carbamates (subject to hydrolysis) is 1. The second-order valence-corrected chi connectivity index (χ2v) is 6.50. The molecule has 1 aliphatic heterocycles. The molecule has 1 atom stereocenters. The van der Waals surface area contributed by atoms with Crippen LogP contribution < -0.4 is 10.2 Å². The predicted molar refractivity (Wildman–Crippen MR) is 99.3 cm³/mol. The van der Waals surface area contributed by atoms with Gasteiger partial charge in [-0.25, -0.2) is 19.7 Å². The highest BCUT2D eigenvalue weighted by Crippen LogP contribution is 2.31. The van der Waals surface area contributed by atoms with Crippen molar-refractivity contribution in [3.05, 3.63) is 24.3 Å². The van der Waals surface area contributed by atoms with Gasteiger partial charge < -0.3 is 19.9 Å². The molecule has 3 aromatic heterocycles. The van der Waals surface area contributed by atoms with Gasteiger partial charge in [0, 0.05) is 18.1 Å². The van der Waals surface area contributed by atoms with E-state index in [1.807, 2.05) is 19.1 Å². The molecule has 1 unspecified atom stereocenters. The third-order valence-corrected chi connectivity index (χ3v) is 4.61. The van der Waals surface area contributed by atoms with Gasteiger partial charge in [0.05, 0.1) is 29.7 Å². The van der Waals surface area contributed by atoms with Crippen LogP contribution in [0.1, 0.15) is 18.7 Å². The standard InChI is InChI=1S/C18H19N7O2/c1-11-23-14-9-22-16-13(4-6-20-16)15(14)17(24-11)25-8-2-3-12(10-25)27-18(26)21-7-5-19/h4,6,9,12H,2-3,7-8,10H2,1H3,(H,21,26)(H,23,24). The van der Waals surface area contributed by atoms with Crippen LogP contribution in [0.5, 0.6) is 0 Å². The van der Waals surface area contributed by atoms with Crippen LogP contribution >= 0.6 is 0 Å². The smallest absolute Gasteiger partial charge is 0.408 e. The number of hydrogen-bond donors (Lipinski definition) is 2. The summed E-state index contributed by atoms with van der Waals surface area (Å²) in [5, 5.41) is 12.9. The molecule has 27 heavy (non-hydrogen) atoms. The van der Waals surface area contributed by atoms with Crippen LogP contribution in [0, 0.1) is 18.3 Å². The van der Waals surface area contributed by atoms with E-state index < -0.39 is 6.09 Å². The maximum Gasteiger partial charge on any atom is 0.408 e. The zero-order valence-electron chi connectivity index (χ0n) is 14.9. The Kier molecular flexibility index (Phi) is 4.46. The fourth-order valence-corrected chi connectivity index (χ4v) is 3.49. The van der Waals surface area contributed by atoms with Gasteiger partial charge in [-0.2, -0.15) is 5.26 Å². The van der Waals surface area contributed by atoms with E-state index in [4.69, 9.17) is 15.0 Å². The molecular formula is C18H19N7O2. The van der Waals surface area contributed by atoms with Crippen molar-refractivity contribution >= 4 is 33.8 Å². The van der Waals surface area contributed by atoms with Crippen LogP contribution in [0.4, 0.5) is 10.6 Å². The van der Waals surface area contributed by atoms with Crippen molar-refractivity contribution in [3.8, 4) is 6.07 Å². The summed E-state index contributed by atoms with van der Waals surface area (Å²) in [6.07, 6.45) is 4.35. The number of amides is 1. The van der Waals surface area contributed by atoms with Crippen molar-refractivity contribution in [3.63, 3.8) is 0 Å². The third kappa shape index (κ3) is 3.33. The van der Waals surface area contributed by atoms with Gasteiger partial charge in [-0.3, -0.25) is 0 Å². The molecule has 1 aliphatic rings. The highest BCUT2D eigenvalue weighted by atomic mass is 16.6. The molecule has 138 valence electrons. The van der Waals surface area contributed by atoms with Crippen molar-refractivity contribution in [1.82, 2.24) is 25.3 Å². The van der Waals surface area contributed by atoms with E-state index in [1.54, 1.807) is 12.4 Å². The Labute approximate surface area is 155 Å². The van der Waals surface area contributed by atoms with Gasteiger partial charge in [0.25, 0.3) is 0 Å². The monoisotopic (exact) mass is 365 g/mol. The normalized spacial score (nSPS) is 17.0. The van der Waals surface area contributed by atoms with Gasteiger partial charge in [-0.1, -0.05) is 0 Å². The first-order valence-corrected chi connectivity index (χ1v) is 8.82. The molecule has 0 aromatic carbocycles. The zero-order chi connectivity index (χ0) is 18.8. The molecular weight excluding hydrogens is 346 g/mol. The number of H-pyrrole nitrogens is 1. The maximum atomic E-state index is 11.8. The molecule has 0 radical (unpaired) electrons. The molecule has 0 spiro atoms. The first-order chi connectivity index (χ1) is 13.2. The predicted octanol–water partition coefficient (Wildman–Crippen LogP) is 2.03. The lowest BCUT2D eigenvalue weighted by molar-refractivity contribution is 0.0892. The lowest BCUT2D eigenvalue weighted by Gasteiger charge is -2.33. The quantitative estimate of drug-likeness (QED) is 0.681. The number of fused-ring (bicyclic) bond motifs is 3. The van der Waals surface area contributed by atoms with Crippen molar-refractivity contribution in [1.29, 1.82) is 5.26 Å². The number of carbonyl (C=O) groups is 1. The third-order valence-electron chi connectivity index (χ3n) is 4.61. The van der Waals surface area contributed by atoms with Crippen LogP contribution in [-0.4, -0.2) is 51.8 Å². The number of piperidine rings is 1. The Morgan fingerprint density at radius 3 is 3.26 bits per heavy atom. The zero-order valence-corrected chi connectivity index (χ0v) is 14.9. The number of anilines is 1. The molecule has 0 bridgehead atoms. The van der Waals surface area contributed by atoms with Crippen LogP contribution in [0.2, 0.25) is 0 Å². The van der Waals surface area contributed by atoms with Gasteiger partial charge in [0.1, 0.15) is 24.3 Å². The van der Waals surface area contributed by atoms with Crippen molar-refractivity contribution in [2.45, 2.75) is 25.9 Å². The molecule has 0 aliphatic carbocycles. The fraction of sp³-hybridized carbons (Fsp3) is 0.389. The molecule has 1 amide bonds. The maximum absolute atomic E-state index is 11.8. The van der Waals surface area contributed by atoms with E-state index in [0.29, 0.717) is 12.2 Å². The van der Waals surface area contributed by atoms with Gasteiger partial charge in [0.2, 0.25) is 0 Å². The summed E-state index contributed by atoms with van der Waals surface area (Å²) in [5.74, 6) is 1.63. The van der Waals surface area contributed by atoms with E-state index in [9.17, 15) is 4.79 Å². The minimum atomic E-state index is -0.564. The topological polar surface area (TPSA) is 120 Å². The highest BCUT2D eigenvalue weighted by Gasteiger charge is 2.26. The minimum Gasteiger partial charge on any atom is -0.444 e. The first kappa shape index (κ1) is 17.0. The Hall–Kier alpha value is -3.41. The molecule has 2 N–H and O–H groups in total. The number of nitrogens with zero attached hydrogens (tertiary/aromatic N) is 5. The van der Waals surface area contributed by atoms with E-state index in [-0.39, 0.29) is 12.6 Å². The number of carbonyl (C=O) groups excluding carboxylic acids is 1. The lowest BCUT2D eigenvalue weighted by Crippen LogP contribution is -2.42. The SMILES string of the molecule is Cc1nc(N2CCCC(OC(=O)NCC#N)C2)c2c(cnc3nccc32)[nH]1. The highest BCUT2D eigenvalue weighted by molar-refractivity contribution is 6.09. The van der Waals surface area contributed by atoms with Crippen molar-refractivity contribution < 1.29 is 9.53 Å². The number of pyridine rings is 1. The van der Waals surface area contributed by atoms with Gasteiger partial charge in [0.15, 0.2) is 5.65 Å². The molecule has 1 fully saturated rings. The number of aromatic amines is 1. The van der Waals surface area contributed by atoms with Crippen LogP contribution in [0.3, 0.4) is 0 Å². The average molecular weight is 365 g/mol. The van der Waals surface area contributed by atoms with Gasteiger partial charge >= 0.3 is 6.09 Å². The van der Waals surface area contributed by atoms with Gasteiger partial charge in [-0.05, 0) is 25.8 Å². The van der Waals surface area contributed by atoms with E-state index in [2.05, 4.69) is 25.2 Å². The summed E-state index contributed by atoms with van der Waals surface area (Å²) in [4.78, 5) is 30.6. The molecule has 0 saturated carbocycles. The number of hydrogen-bond acceptors (Lipinski definition) is 7. The molecule has 4 rings (SSSR count). The summed E-state index contributed by atoms with van der Waals surface area (Å²) in [6.45, 7) is 3.21. The Balaban J connectivity index is 1.66. The summed E-state index contributed by atoms with van der Waals surface area (Å²) in [6, 6.07) is 3.80. The first-order valence-electron chi connectivity index (χ1n) is 8.82. The largest absolute Gasteiger partial charge is 0.444 e. The summed E-state index contributed by atoms with van der Waals surface area (Å²) in [7, 11) is 0. The second-order valence-electron chi connectivity index (χ2n) is 6.50. The van der Waals surface area contributed by atoms with Crippen LogP contribution in [0.25, 0.3) is 21.9 Å². The molecule has 9 nitrogen and oxygen atoms in total. The number of aryl methyl sites for hydroxylation is 1.